The minimum atomic E-state index is -3.59. The summed E-state index contributed by atoms with van der Waals surface area (Å²) in [6.07, 6.45) is 3.13. The molecular formula is C21H24Cl2N2O3S. The maximum Gasteiger partial charge on any atom is 0.242 e. The van der Waals surface area contributed by atoms with E-state index in [2.05, 4.69) is 15.7 Å². The van der Waals surface area contributed by atoms with Gasteiger partial charge < -0.3 is 0 Å². The fourth-order valence-electron chi connectivity index (χ4n) is 4.24. The summed E-state index contributed by atoms with van der Waals surface area (Å²) in [7, 11) is -3.59. The predicted molar refractivity (Wildman–Crippen MR) is 117 cm³/mol. The van der Waals surface area contributed by atoms with Crippen LogP contribution in [0.2, 0.25) is 5.02 Å². The molecule has 1 unspecified atom stereocenters. The van der Waals surface area contributed by atoms with E-state index in [9.17, 15) is 13.2 Å². The molecule has 8 heteroatoms. The van der Waals surface area contributed by atoms with E-state index in [1.807, 2.05) is 12.1 Å². The van der Waals surface area contributed by atoms with Crippen LogP contribution in [0.25, 0.3) is 0 Å². The standard InChI is InChI=1S/C21H23ClN2O3S.ClH/c22-17-8-1-2-9-20(17)28(26,27)23-11-3-4-12-24-13-10-15-6-5-7-16-19(25)14-18(24)21(15)16;/h1-2,5-9,18,23H,3-4,10-14H2;1H. The Morgan fingerprint density at radius 2 is 1.90 bits per heavy atom. The van der Waals surface area contributed by atoms with Gasteiger partial charge in [0.25, 0.3) is 0 Å². The third kappa shape index (κ3) is 4.52. The van der Waals surface area contributed by atoms with Gasteiger partial charge in [-0.05, 0) is 49.1 Å². The summed E-state index contributed by atoms with van der Waals surface area (Å²) in [5.74, 6) is 0.237. The summed E-state index contributed by atoms with van der Waals surface area (Å²) >= 11 is 5.99. The molecule has 1 aliphatic heterocycles. The highest BCUT2D eigenvalue weighted by Gasteiger charge is 2.37. The van der Waals surface area contributed by atoms with Crippen molar-refractivity contribution in [1.82, 2.24) is 9.62 Å². The summed E-state index contributed by atoms with van der Waals surface area (Å²) in [5, 5.41) is 0.226. The molecule has 156 valence electrons. The summed E-state index contributed by atoms with van der Waals surface area (Å²) < 4.78 is 27.3. The Bertz CT molecular complexity index is 1010. The Kier molecular flexibility index (Phi) is 7.02. The Labute approximate surface area is 182 Å². The molecule has 2 aromatic rings. The van der Waals surface area contributed by atoms with Gasteiger partial charge in [0, 0.05) is 31.1 Å². The van der Waals surface area contributed by atoms with E-state index < -0.39 is 10.0 Å². The van der Waals surface area contributed by atoms with E-state index >= 15 is 0 Å². The molecule has 4 rings (SSSR count). The number of Topliss-reactive ketones (excluding diaryl/α,β-unsaturated/α-hetero) is 1. The molecule has 0 fully saturated rings. The van der Waals surface area contributed by atoms with Crippen molar-refractivity contribution in [3.8, 4) is 0 Å². The van der Waals surface area contributed by atoms with Gasteiger partial charge in [-0.3, -0.25) is 9.69 Å². The smallest absolute Gasteiger partial charge is 0.242 e. The van der Waals surface area contributed by atoms with Crippen LogP contribution in [0.1, 0.15) is 46.8 Å². The second-order valence-electron chi connectivity index (χ2n) is 7.34. The maximum absolute atomic E-state index is 12.4. The molecule has 2 aliphatic rings. The highest BCUT2D eigenvalue weighted by atomic mass is 35.5. The summed E-state index contributed by atoms with van der Waals surface area (Å²) in [5.41, 5.74) is 3.41. The van der Waals surface area contributed by atoms with E-state index in [1.165, 1.54) is 17.2 Å². The summed E-state index contributed by atoms with van der Waals surface area (Å²) in [6.45, 7) is 2.17. The Morgan fingerprint density at radius 1 is 1.10 bits per heavy atom. The van der Waals surface area contributed by atoms with Crippen LogP contribution in [-0.2, 0) is 16.4 Å². The molecule has 5 nitrogen and oxygen atoms in total. The average Bonchev–Trinajstić information content (AvgIpc) is 3.02. The van der Waals surface area contributed by atoms with Crippen molar-refractivity contribution >= 4 is 39.8 Å². The third-order valence-corrected chi connectivity index (χ3v) is 7.57. The molecule has 1 heterocycles. The van der Waals surface area contributed by atoms with E-state index in [4.69, 9.17) is 11.6 Å². The SMILES string of the molecule is Cl.O=C1CC2c3c(cccc31)CCN2CCCCNS(=O)(=O)c1ccccc1Cl. The number of nitrogens with one attached hydrogen (secondary N) is 1. The van der Waals surface area contributed by atoms with Gasteiger partial charge in [0.15, 0.2) is 5.78 Å². The minimum absolute atomic E-state index is 0. The van der Waals surface area contributed by atoms with Gasteiger partial charge in [0.2, 0.25) is 10.0 Å². The van der Waals surface area contributed by atoms with Gasteiger partial charge in [-0.25, -0.2) is 13.1 Å². The van der Waals surface area contributed by atoms with Crippen molar-refractivity contribution in [3.63, 3.8) is 0 Å². The number of carbonyl (C=O) groups excluding carboxylic acids is 1. The first-order chi connectivity index (χ1) is 13.5. The Morgan fingerprint density at radius 3 is 2.69 bits per heavy atom. The maximum atomic E-state index is 12.4. The molecule has 0 bridgehead atoms. The quantitative estimate of drug-likeness (QED) is 0.641. The minimum Gasteiger partial charge on any atom is -0.296 e. The lowest BCUT2D eigenvalue weighted by molar-refractivity contribution is 0.0948. The Hall–Kier alpha value is -1.44. The monoisotopic (exact) mass is 454 g/mol. The van der Waals surface area contributed by atoms with E-state index in [1.54, 1.807) is 18.2 Å². The number of hydrogen-bond acceptors (Lipinski definition) is 4. The van der Waals surface area contributed by atoms with Crippen molar-refractivity contribution in [2.75, 3.05) is 19.6 Å². The summed E-state index contributed by atoms with van der Waals surface area (Å²) in [6, 6.07) is 12.7. The van der Waals surface area contributed by atoms with Crippen LogP contribution < -0.4 is 4.72 Å². The number of benzene rings is 2. The van der Waals surface area contributed by atoms with Crippen LogP contribution in [0.15, 0.2) is 47.4 Å². The fourth-order valence-corrected chi connectivity index (χ4v) is 5.83. The lowest BCUT2D eigenvalue weighted by atomic mass is 9.93. The molecule has 0 spiro atoms. The molecule has 0 radical (unpaired) electrons. The van der Waals surface area contributed by atoms with Gasteiger partial charge >= 0.3 is 0 Å². The highest BCUT2D eigenvalue weighted by molar-refractivity contribution is 7.89. The first-order valence-electron chi connectivity index (χ1n) is 9.60. The zero-order valence-corrected chi connectivity index (χ0v) is 18.3. The first-order valence-corrected chi connectivity index (χ1v) is 11.5. The van der Waals surface area contributed by atoms with E-state index in [0.29, 0.717) is 13.0 Å². The van der Waals surface area contributed by atoms with Gasteiger partial charge in [-0.15, -0.1) is 12.4 Å². The number of carbonyl (C=O) groups is 1. The lowest BCUT2D eigenvalue weighted by Crippen LogP contribution is -2.35. The van der Waals surface area contributed by atoms with Crippen molar-refractivity contribution in [2.45, 2.75) is 36.6 Å². The number of unbranched alkanes of at least 4 members (excludes halogenated alkanes) is 1. The second kappa shape index (κ2) is 9.14. The molecule has 1 aliphatic carbocycles. The summed E-state index contributed by atoms with van der Waals surface area (Å²) in [4.78, 5) is 14.8. The first kappa shape index (κ1) is 22.2. The van der Waals surface area contributed by atoms with E-state index in [0.717, 1.165) is 37.9 Å². The molecule has 0 saturated carbocycles. The van der Waals surface area contributed by atoms with Crippen LogP contribution in [0.4, 0.5) is 0 Å². The van der Waals surface area contributed by atoms with Crippen LogP contribution in [0, 0.1) is 0 Å². The number of nitrogens with zero attached hydrogens (tertiary/aromatic N) is 1. The number of sulfonamides is 1. The van der Waals surface area contributed by atoms with Crippen molar-refractivity contribution in [2.24, 2.45) is 0 Å². The number of ketones is 1. The zero-order valence-electron chi connectivity index (χ0n) is 15.9. The Balaban J connectivity index is 0.00000240. The van der Waals surface area contributed by atoms with Crippen molar-refractivity contribution in [1.29, 1.82) is 0 Å². The number of halogens is 2. The lowest BCUT2D eigenvalue weighted by Gasteiger charge is -2.34. The number of rotatable bonds is 7. The van der Waals surface area contributed by atoms with Gasteiger partial charge in [0.1, 0.15) is 4.90 Å². The van der Waals surface area contributed by atoms with Crippen molar-refractivity contribution in [3.05, 3.63) is 64.2 Å². The second-order valence-corrected chi connectivity index (χ2v) is 9.49. The van der Waals surface area contributed by atoms with Crippen LogP contribution >= 0.6 is 24.0 Å². The van der Waals surface area contributed by atoms with Crippen LogP contribution in [-0.4, -0.2) is 38.7 Å². The molecular weight excluding hydrogens is 431 g/mol. The van der Waals surface area contributed by atoms with Crippen LogP contribution in [0.3, 0.4) is 0 Å². The van der Waals surface area contributed by atoms with Gasteiger partial charge in [0.05, 0.1) is 5.02 Å². The van der Waals surface area contributed by atoms with Gasteiger partial charge in [-0.1, -0.05) is 41.9 Å². The molecule has 2 aromatic carbocycles. The normalized spacial score (nSPS) is 18.4. The molecule has 29 heavy (non-hydrogen) atoms. The molecule has 0 aromatic heterocycles. The van der Waals surface area contributed by atoms with E-state index in [-0.39, 0.29) is 34.2 Å². The van der Waals surface area contributed by atoms with Crippen molar-refractivity contribution < 1.29 is 13.2 Å². The fraction of sp³-hybridized carbons (Fsp3) is 0.381. The molecule has 0 amide bonds. The number of hydrogen-bond donors (Lipinski definition) is 1. The largest absolute Gasteiger partial charge is 0.296 e. The third-order valence-electron chi connectivity index (χ3n) is 5.61. The predicted octanol–water partition coefficient (Wildman–Crippen LogP) is 4.01. The molecule has 1 atom stereocenters. The van der Waals surface area contributed by atoms with Gasteiger partial charge in [-0.2, -0.15) is 0 Å². The topological polar surface area (TPSA) is 66.5 Å². The average molecular weight is 455 g/mol. The molecule has 0 saturated heterocycles. The van der Waals surface area contributed by atoms with Crippen LogP contribution in [0.5, 0.6) is 0 Å². The zero-order chi connectivity index (χ0) is 19.7. The highest BCUT2D eigenvalue weighted by Crippen LogP contribution is 2.41. The molecule has 1 N–H and O–H groups in total.